The molecule has 2 rings (SSSR count). The third-order valence-corrected chi connectivity index (χ3v) is 4.74. The van der Waals surface area contributed by atoms with Crippen LogP contribution in [0.5, 0.6) is 0 Å². The van der Waals surface area contributed by atoms with Gasteiger partial charge < -0.3 is 5.32 Å². The molecule has 1 amide bonds. The van der Waals surface area contributed by atoms with E-state index in [2.05, 4.69) is 46.0 Å². The first-order chi connectivity index (χ1) is 12.8. The van der Waals surface area contributed by atoms with E-state index in [0.29, 0.717) is 11.4 Å². The predicted molar refractivity (Wildman–Crippen MR) is 109 cm³/mol. The third-order valence-electron chi connectivity index (χ3n) is 4.74. The van der Waals surface area contributed by atoms with Crippen molar-refractivity contribution in [3.05, 3.63) is 41.6 Å². The molecule has 5 heteroatoms. The monoisotopic (exact) mass is 366 g/mol. The summed E-state index contributed by atoms with van der Waals surface area (Å²) in [5.41, 5.74) is 2.19. The second kappa shape index (κ2) is 8.85. The van der Waals surface area contributed by atoms with E-state index < -0.39 is 0 Å². The zero-order valence-corrected chi connectivity index (χ0v) is 17.0. The molecule has 0 radical (unpaired) electrons. The van der Waals surface area contributed by atoms with Gasteiger partial charge in [0.2, 0.25) is 5.91 Å². The highest BCUT2D eigenvalue weighted by molar-refractivity contribution is 5.92. The molecule has 1 aromatic carbocycles. The van der Waals surface area contributed by atoms with Crippen LogP contribution in [0.1, 0.15) is 71.6 Å². The summed E-state index contributed by atoms with van der Waals surface area (Å²) in [6, 6.07) is 11.3. The van der Waals surface area contributed by atoms with E-state index in [4.69, 9.17) is 10.4 Å². The van der Waals surface area contributed by atoms with Crippen LogP contribution in [0.3, 0.4) is 0 Å². The van der Waals surface area contributed by atoms with Crippen molar-refractivity contribution in [1.29, 1.82) is 5.26 Å². The van der Waals surface area contributed by atoms with E-state index in [1.807, 2.05) is 18.2 Å². The van der Waals surface area contributed by atoms with E-state index in [-0.39, 0.29) is 17.2 Å². The highest BCUT2D eigenvalue weighted by Gasteiger charge is 2.23. The van der Waals surface area contributed by atoms with Gasteiger partial charge in [0.05, 0.1) is 23.0 Å². The smallest absolute Gasteiger partial charge is 0.228 e. The van der Waals surface area contributed by atoms with Crippen LogP contribution >= 0.6 is 0 Å². The minimum Gasteiger partial charge on any atom is -0.310 e. The number of rotatable bonds is 7. The molecule has 0 aliphatic carbocycles. The van der Waals surface area contributed by atoms with Crippen molar-refractivity contribution >= 4 is 11.7 Å². The van der Waals surface area contributed by atoms with Gasteiger partial charge in [-0.1, -0.05) is 47.5 Å². The standard InChI is InChI=1S/C22H30N4O/c1-6-8-9-17(7-2)21(27)24-20-14-19(22(3,4)5)25-26(20)18-12-10-16(15-23)11-13-18/h10-14,17H,6-9H2,1-5H3,(H,24,27)/t17-/m1/s1. The van der Waals surface area contributed by atoms with Crippen LogP contribution in [-0.2, 0) is 10.2 Å². The molecule has 1 aromatic heterocycles. The Morgan fingerprint density at radius 3 is 2.44 bits per heavy atom. The average molecular weight is 367 g/mol. The Kier molecular flexibility index (Phi) is 6.79. The molecule has 2 aromatic rings. The summed E-state index contributed by atoms with van der Waals surface area (Å²) < 4.78 is 1.76. The molecule has 1 N–H and O–H groups in total. The number of amides is 1. The second-order valence-corrected chi connectivity index (χ2v) is 7.97. The Morgan fingerprint density at radius 2 is 1.93 bits per heavy atom. The maximum Gasteiger partial charge on any atom is 0.228 e. The van der Waals surface area contributed by atoms with E-state index in [1.54, 1.807) is 16.8 Å². The summed E-state index contributed by atoms with van der Waals surface area (Å²) in [4.78, 5) is 12.8. The zero-order valence-electron chi connectivity index (χ0n) is 17.0. The van der Waals surface area contributed by atoms with Crippen LogP contribution in [0.15, 0.2) is 30.3 Å². The van der Waals surface area contributed by atoms with E-state index in [9.17, 15) is 4.79 Å². The zero-order chi connectivity index (χ0) is 20.0. The first kappa shape index (κ1) is 20.7. The van der Waals surface area contributed by atoms with Crippen LogP contribution in [0.4, 0.5) is 5.82 Å². The van der Waals surface area contributed by atoms with Crippen molar-refractivity contribution < 1.29 is 4.79 Å². The Hall–Kier alpha value is -2.61. The molecule has 144 valence electrons. The number of nitrogens with zero attached hydrogens (tertiary/aromatic N) is 3. The topological polar surface area (TPSA) is 70.7 Å². The number of benzene rings is 1. The number of anilines is 1. The van der Waals surface area contributed by atoms with Crippen molar-refractivity contribution in [1.82, 2.24) is 9.78 Å². The summed E-state index contributed by atoms with van der Waals surface area (Å²) >= 11 is 0. The molecule has 0 saturated heterocycles. The Morgan fingerprint density at radius 1 is 1.26 bits per heavy atom. The lowest BCUT2D eigenvalue weighted by Crippen LogP contribution is -2.23. The van der Waals surface area contributed by atoms with Crippen LogP contribution in [-0.4, -0.2) is 15.7 Å². The fourth-order valence-electron chi connectivity index (χ4n) is 2.91. The van der Waals surface area contributed by atoms with Crippen LogP contribution < -0.4 is 5.32 Å². The van der Waals surface area contributed by atoms with Crippen LogP contribution in [0.2, 0.25) is 0 Å². The highest BCUT2D eigenvalue weighted by Crippen LogP contribution is 2.27. The van der Waals surface area contributed by atoms with Crippen molar-refractivity contribution in [2.24, 2.45) is 5.92 Å². The average Bonchev–Trinajstić information content (AvgIpc) is 3.06. The molecule has 0 aliphatic heterocycles. The van der Waals surface area contributed by atoms with Crippen molar-refractivity contribution in [2.45, 2.75) is 65.7 Å². The van der Waals surface area contributed by atoms with E-state index in [1.165, 1.54) is 0 Å². The largest absolute Gasteiger partial charge is 0.310 e. The number of aromatic nitrogens is 2. The Bertz CT molecular complexity index is 806. The maximum absolute atomic E-state index is 12.8. The van der Waals surface area contributed by atoms with Gasteiger partial charge in [-0.2, -0.15) is 10.4 Å². The number of hydrogen-bond donors (Lipinski definition) is 1. The lowest BCUT2D eigenvalue weighted by molar-refractivity contribution is -0.120. The Balaban J connectivity index is 2.37. The summed E-state index contributed by atoms with van der Waals surface area (Å²) in [7, 11) is 0. The summed E-state index contributed by atoms with van der Waals surface area (Å²) in [6.07, 6.45) is 3.86. The molecule has 0 saturated carbocycles. The molecule has 0 unspecified atom stereocenters. The van der Waals surface area contributed by atoms with Gasteiger partial charge in [0, 0.05) is 17.4 Å². The van der Waals surface area contributed by atoms with Crippen molar-refractivity contribution in [3.63, 3.8) is 0 Å². The molecule has 5 nitrogen and oxygen atoms in total. The fraction of sp³-hybridized carbons (Fsp3) is 0.500. The molecule has 0 bridgehead atoms. The van der Waals surface area contributed by atoms with Crippen LogP contribution in [0.25, 0.3) is 5.69 Å². The number of carbonyl (C=O) groups is 1. The molecule has 27 heavy (non-hydrogen) atoms. The first-order valence-electron chi connectivity index (χ1n) is 9.72. The molecule has 1 heterocycles. The quantitative estimate of drug-likeness (QED) is 0.732. The molecular weight excluding hydrogens is 336 g/mol. The summed E-state index contributed by atoms with van der Waals surface area (Å²) in [5.74, 6) is 0.720. The molecule has 0 fully saturated rings. The van der Waals surface area contributed by atoms with Gasteiger partial charge in [0.25, 0.3) is 0 Å². The maximum atomic E-state index is 12.8. The SMILES string of the molecule is CCCC[C@@H](CC)C(=O)Nc1cc(C(C)(C)C)nn1-c1ccc(C#N)cc1. The van der Waals surface area contributed by atoms with E-state index in [0.717, 1.165) is 37.1 Å². The third kappa shape index (κ3) is 5.19. The lowest BCUT2D eigenvalue weighted by Gasteiger charge is -2.15. The first-order valence-corrected chi connectivity index (χ1v) is 9.72. The molecule has 0 aliphatic rings. The normalized spacial score (nSPS) is 12.4. The van der Waals surface area contributed by atoms with Gasteiger partial charge >= 0.3 is 0 Å². The second-order valence-electron chi connectivity index (χ2n) is 7.97. The summed E-state index contributed by atoms with van der Waals surface area (Å²) in [6.45, 7) is 10.5. The van der Waals surface area contributed by atoms with Crippen molar-refractivity contribution in [2.75, 3.05) is 5.32 Å². The van der Waals surface area contributed by atoms with Crippen LogP contribution in [0, 0.1) is 17.2 Å². The number of nitrogens with one attached hydrogen (secondary N) is 1. The van der Waals surface area contributed by atoms with Gasteiger partial charge in [0.1, 0.15) is 5.82 Å². The minimum atomic E-state index is -0.135. The number of nitriles is 1. The van der Waals surface area contributed by atoms with Crippen molar-refractivity contribution in [3.8, 4) is 11.8 Å². The van der Waals surface area contributed by atoms with Gasteiger partial charge in [-0.3, -0.25) is 4.79 Å². The van der Waals surface area contributed by atoms with Gasteiger partial charge in [-0.25, -0.2) is 4.68 Å². The Labute approximate surface area is 162 Å². The van der Waals surface area contributed by atoms with E-state index >= 15 is 0 Å². The lowest BCUT2D eigenvalue weighted by atomic mass is 9.92. The molecule has 1 atom stereocenters. The molecular formula is C22H30N4O. The number of carbonyl (C=O) groups excluding carboxylic acids is 1. The minimum absolute atomic E-state index is 0.00681. The predicted octanol–water partition coefficient (Wildman–Crippen LogP) is 5.20. The fourth-order valence-corrected chi connectivity index (χ4v) is 2.91. The number of unbranched alkanes of at least 4 members (excludes halogenated alkanes) is 1. The van der Waals surface area contributed by atoms with Gasteiger partial charge in [0.15, 0.2) is 0 Å². The highest BCUT2D eigenvalue weighted by atomic mass is 16.2. The van der Waals surface area contributed by atoms with Gasteiger partial charge in [-0.15, -0.1) is 0 Å². The summed E-state index contributed by atoms with van der Waals surface area (Å²) in [5, 5.41) is 16.8. The van der Waals surface area contributed by atoms with Gasteiger partial charge in [-0.05, 0) is 37.1 Å². The molecule has 0 spiro atoms. The number of hydrogen-bond acceptors (Lipinski definition) is 3.